The van der Waals surface area contributed by atoms with E-state index in [4.69, 9.17) is 12.7 Å². The zero-order chi connectivity index (χ0) is 52.4. The minimum absolute atomic E-state index is 0.00349. The molecule has 0 bridgehead atoms. The quantitative estimate of drug-likeness (QED) is 0.160. The standard InChI is InChI=1S/C64H41N5/c1-3-20-42(21-4-1)44-24-19-25-45(38-44)53-41-54(66-64(65-53)43-22-5-2-6-23-43)46-39-61(67-55-32-13-7-26-47(55)48-27-8-14-33-56(48)67)63(69-59-36-17-11-30-51(59)52-31-12-18-37-60(52)69)62(40-46)68-57-34-15-9-28-49(57)50-29-10-16-35-58(50)68/h1-41H/i11D,12D,17D,18D,30D,31D,36D,37D. The molecule has 0 aliphatic carbocycles. The van der Waals surface area contributed by atoms with Crippen LogP contribution >= 0.6 is 0 Å². The van der Waals surface area contributed by atoms with E-state index in [0.717, 1.165) is 65.9 Å². The van der Waals surface area contributed by atoms with Crippen LogP contribution < -0.4 is 0 Å². The molecule has 0 fully saturated rings. The van der Waals surface area contributed by atoms with Gasteiger partial charge in [0.2, 0.25) is 0 Å². The molecule has 0 radical (unpaired) electrons. The highest BCUT2D eigenvalue weighted by Gasteiger charge is 2.27. The van der Waals surface area contributed by atoms with Gasteiger partial charge in [-0.05, 0) is 71.7 Å². The number of hydrogen-bond donors (Lipinski definition) is 0. The summed E-state index contributed by atoms with van der Waals surface area (Å²) in [5.41, 5.74) is 10.5. The van der Waals surface area contributed by atoms with E-state index in [1.807, 2.05) is 146 Å². The summed E-state index contributed by atoms with van der Waals surface area (Å²) in [6, 6.07) is 63.2. The predicted octanol–water partition coefficient (Wildman–Crippen LogP) is 16.4. The molecule has 4 aromatic heterocycles. The van der Waals surface area contributed by atoms with Crippen LogP contribution in [0, 0.1) is 0 Å². The number of nitrogens with zero attached hydrogens (tertiary/aromatic N) is 5. The summed E-state index contributed by atoms with van der Waals surface area (Å²) in [6.45, 7) is 0. The van der Waals surface area contributed by atoms with Crippen molar-refractivity contribution in [1.29, 1.82) is 0 Å². The summed E-state index contributed by atoms with van der Waals surface area (Å²) < 4.78 is 80.9. The number of benzene rings is 10. The summed E-state index contributed by atoms with van der Waals surface area (Å²) in [5, 5.41) is 3.79. The van der Waals surface area contributed by atoms with E-state index in [0.29, 0.717) is 39.8 Å². The first-order valence-electron chi connectivity index (χ1n) is 26.8. The molecule has 0 aliphatic heterocycles. The summed E-state index contributed by atoms with van der Waals surface area (Å²) in [4.78, 5) is 10.7. The lowest BCUT2D eigenvalue weighted by Crippen LogP contribution is -2.10. The van der Waals surface area contributed by atoms with E-state index in [-0.39, 0.29) is 21.8 Å². The van der Waals surface area contributed by atoms with Gasteiger partial charge in [0.15, 0.2) is 5.82 Å². The van der Waals surface area contributed by atoms with Gasteiger partial charge in [-0.3, -0.25) is 0 Å². The molecule has 0 aliphatic rings. The fraction of sp³-hybridized carbons (Fsp3) is 0. The zero-order valence-electron chi connectivity index (χ0n) is 44.8. The fourth-order valence-electron chi connectivity index (χ4n) is 10.3. The van der Waals surface area contributed by atoms with Crippen LogP contribution in [0.25, 0.3) is 128 Å². The Morgan fingerprint density at radius 1 is 0.290 bits per heavy atom. The van der Waals surface area contributed by atoms with Crippen molar-refractivity contribution in [2.24, 2.45) is 0 Å². The van der Waals surface area contributed by atoms with Gasteiger partial charge in [0.25, 0.3) is 0 Å². The van der Waals surface area contributed by atoms with Crippen LogP contribution in [0.5, 0.6) is 0 Å². The van der Waals surface area contributed by atoms with E-state index < -0.39 is 48.3 Å². The molecule has 10 aromatic carbocycles. The van der Waals surface area contributed by atoms with Crippen molar-refractivity contribution in [2.75, 3.05) is 0 Å². The SMILES string of the molecule is [2H]c1c([2H])c([2H])c2c(c1[2H])c1c([2H])c([2H])c([2H])c([2H])c1n2-c1c(-n2c3ccccc3c3ccccc32)cc(-c2cc(-c3cccc(-c4ccccc4)c3)nc(-c3ccccc3)n2)cc1-n1c2ccccc2c2ccccc21. The van der Waals surface area contributed by atoms with Crippen molar-refractivity contribution >= 4 is 65.4 Å². The Morgan fingerprint density at radius 3 is 1.20 bits per heavy atom. The normalized spacial score (nSPS) is 13.4. The first-order chi connectivity index (χ1) is 37.6. The van der Waals surface area contributed by atoms with Crippen LogP contribution in [-0.2, 0) is 0 Å². The van der Waals surface area contributed by atoms with Crippen LogP contribution in [0.4, 0.5) is 0 Å². The minimum Gasteiger partial charge on any atom is -0.307 e. The first-order valence-corrected chi connectivity index (χ1v) is 22.8. The van der Waals surface area contributed by atoms with Gasteiger partial charge in [-0.25, -0.2) is 9.97 Å². The van der Waals surface area contributed by atoms with E-state index in [9.17, 15) is 8.22 Å². The Hall–Kier alpha value is -9.32. The van der Waals surface area contributed by atoms with Crippen molar-refractivity contribution in [1.82, 2.24) is 23.7 Å². The highest BCUT2D eigenvalue weighted by Crippen LogP contribution is 2.45. The van der Waals surface area contributed by atoms with Crippen LogP contribution in [0.1, 0.15) is 11.0 Å². The summed E-state index contributed by atoms with van der Waals surface area (Å²) in [5.74, 6) is 0.499. The van der Waals surface area contributed by atoms with Gasteiger partial charge in [-0.15, -0.1) is 0 Å². The minimum atomic E-state index is -0.516. The van der Waals surface area contributed by atoms with Crippen LogP contribution in [-0.4, -0.2) is 23.7 Å². The molecule has 0 saturated carbocycles. The summed E-state index contributed by atoms with van der Waals surface area (Å²) in [6.07, 6.45) is 0. The Kier molecular flexibility index (Phi) is 7.16. The van der Waals surface area contributed by atoms with Crippen molar-refractivity contribution in [3.05, 3.63) is 249 Å². The van der Waals surface area contributed by atoms with Gasteiger partial charge < -0.3 is 13.7 Å². The Balaban J connectivity index is 1.22. The smallest absolute Gasteiger partial charge is 0.160 e. The Morgan fingerprint density at radius 2 is 0.696 bits per heavy atom. The second-order valence-electron chi connectivity index (χ2n) is 17.2. The number of rotatable bonds is 7. The van der Waals surface area contributed by atoms with E-state index in [1.165, 1.54) is 0 Å². The van der Waals surface area contributed by atoms with Gasteiger partial charge in [0, 0.05) is 49.0 Å². The molecule has 4 heterocycles. The van der Waals surface area contributed by atoms with Gasteiger partial charge in [-0.2, -0.15) is 0 Å². The monoisotopic (exact) mass is 887 g/mol. The van der Waals surface area contributed by atoms with E-state index >= 15 is 0 Å². The average molecular weight is 888 g/mol. The van der Waals surface area contributed by atoms with Crippen LogP contribution in [0.15, 0.2) is 249 Å². The van der Waals surface area contributed by atoms with Crippen molar-refractivity contribution in [3.63, 3.8) is 0 Å². The van der Waals surface area contributed by atoms with Gasteiger partial charge in [-0.1, -0.05) is 188 Å². The molecule has 0 amide bonds. The maximum atomic E-state index is 9.81. The molecule has 69 heavy (non-hydrogen) atoms. The second-order valence-corrected chi connectivity index (χ2v) is 17.2. The number of fused-ring (bicyclic) bond motifs is 9. The molecule has 5 nitrogen and oxygen atoms in total. The van der Waals surface area contributed by atoms with E-state index in [2.05, 4.69) is 63.7 Å². The van der Waals surface area contributed by atoms with Crippen molar-refractivity contribution in [3.8, 4) is 62.1 Å². The molecule has 0 unspecified atom stereocenters. The highest BCUT2D eigenvalue weighted by molar-refractivity contribution is 6.14. The number of aromatic nitrogens is 5. The molecule has 322 valence electrons. The summed E-state index contributed by atoms with van der Waals surface area (Å²) in [7, 11) is 0. The largest absolute Gasteiger partial charge is 0.307 e. The lowest BCUT2D eigenvalue weighted by molar-refractivity contribution is 1.05. The zero-order valence-corrected chi connectivity index (χ0v) is 36.8. The van der Waals surface area contributed by atoms with Crippen molar-refractivity contribution in [2.45, 2.75) is 0 Å². The maximum Gasteiger partial charge on any atom is 0.160 e. The topological polar surface area (TPSA) is 40.6 Å². The third-order valence-electron chi connectivity index (χ3n) is 13.3. The molecule has 0 N–H and O–H groups in total. The van der Waals surface area contributed by atoms with Crippen LogP contribution in [0.2, 0.25) is 0 Å². The van der Waals surface area contributed by atoms with Gasteiger partial charge >= 0.3 is 0 Å². The first kappa shape index (κ1) is 31.6. The molecular formula is C64H41N5. The molecule has 14 rings (SSSR count). The maximum absolute atomic E-state index is 9.81. The Labute approximate surface area is 409 Å². The molecule has 14 aromatic rings. The highest BCUT2D eigenvalue weighted by atomic mass is 15.1. The lowest BCUT2D eigenvalue weighted by atomic mass is 10.00. The molecule has 0 spiro atoms. The fourth-order valence-corrected chi connectivity index (χ4v) is 10.3. The number of para-hydroxylation sites is 6. The Bertz CT molecular complexity index is 4470. The van der Waals surface area contributed by atoms with Gasteiger partial charge in [0.1, 0.15) is 0 Å². The molecular weight excluding hydrogens is 839 g/mol. The summed E-state index contributed by atoms with van der Waals surface area (Å²) >= 11 is 0. The molecule has 0 atom stereocenters. The lowest BCUT2D eigenvalue weighted by Gasteiger charge is -2.23. The molecule has 0 saturated heterocycles. The number of hydrogen-bond acceptors (Lipinski definition) is 2. The predicted molar refractivity (Wildman–Crippen MR) is 287 cm³/mol. The third kappa shape index (κ3) is 6.18. The average Bonchev–Trinajstić information content (AvgIpc) is 4.36. The van der Waals surface area contributed by atoms with Gasteiger partial charge in [0.05, 0.1) is 72.5 Å². The van der Waals surface area contributed by atoms with E-state index in [1.54, 1.807) is 4.57 Å². The van der Waals surface area contributed by atoms with Crippen LogP contribution in [0.3, 0.4) is 0 Å². The second kappa shape index (κ2) is 15.7. The molecule has 5 heteroatoms. The third-order valence-corrected chi connectivity index (χ3v) is 13.3. The van der Waals surface area contributed by atoms with Crippen molar-refractivity contribution < 1.29 is 11.0 Å².